The molecule has 1 amide bonds. The lowest BCUT2D eigenvalue weighted by Crippen LogP contribution is -2.35. The van der Waals surface area contributed by atoms with E-state index in [-0.39, 0.29) is 24.4 Å². The molecule has 0 aliphatic carbocycles. The third-order valence-corrected chi connectivity index (χ3v) is 4.40. The Morgan fingerprint density at radius 3 is 2.57 bits per heavy atom. The number of nitrogens with one attached hydrogen (secondary N) is 1. The Morgan fingerprint density at radius 1 is 1.13 bits per heavy atom. The molecule has 0 saturated carbocycles. The van der Waals surface area contributed by atoms with Gasteiger partial charge in [-0.3, -0.25) is 4.79 Å². The van der Waals surface area contributed by atoms with Crippen molar-refractivity contribution in [1.29, 1.82) is 0 Å². The van der Waals surface area contributed by atoms with Crippen LogP contribution in [-0.2, 0) is 4.79 Å². The number of halogens is 2. The van der Waals surface area contributed by atoms with E-state index in [0.29, 0.717) is 6.54 Å². The van der Waals surface area contributed by atoms with E-state index in [4.69, 9.17) is 11.6 Å². The van der Waals surface area contributed by atoms with Gasteiger partial charge in [-0.15, -0.1) is 12.4 Å². The monoisotopic (exact) mass is 350 g/mol. The van der Waals surface area contributed by atoms with Crippen LogP contribution in [0.3, 0.4) is 0 Å². The minimum absolute atomic E-state index is 0. The maximum Gasteiger partial charge on any atom is 0.242 e. The van der Waals surface area contributed by atoms with Gasteiger partial charge in [0.1, 0.15) is 0 Å². The lowest BCUT2D eigenvalue weighted by atomic mass is 10.0. The van der Waals surface area contributed by atoms with E-state index in [1.54, 1.807) is 0 Å². The molecule has 2 aromatic carbocycles. The van der Waals surface area contributed by atoms with Gasteiger partial charge in [-0.2, -0.15) is 0 Å². The van der Waals surface area contributed by atoms with Gasteiger partial charge in [0, 0.05) is 17.3 Å². The van der Waals surface area contributed by atoms with E-state index >= 15 is 0 Å². The average molecular weight is 351 g/mol. The Morgan fingerprint density at radius 2 is 1.83 bits per heavy atom. The summed E-state index contributed by atoms with van der Waals surface area (Å²) < 4.78 is 0. The number of amides is 1. The van der Waals surface area contributed by atoms with Crippen molar-refractivity contribution in [1.82, 2.24) is 4.90 Å². The molecule has 122 valence electrons. The molecule has 23 heavy (non-hydrogen) atoms. The summed E-state index contributed by atoms with van der Waals surface area (Å²) in [5.41, 5.74) is 2.01. The van der Waals surface area contributed by atoms with Crippen LogP contribution in [0.2, 0.25) is 5.02 Å². The maximum atomic E-state index is 12.5. The molecular formula is C18H20Cl2N2O. The van der Waals surface area contributed by atoms with Crippen molar-refractivity contribution >= 4 is 35.6 Å². The van der Waals surface area contributed by atoms with Gasteiger partial charge in [-0.1, -0.05) is 48.0 Å². The molecule has 1 aliphatic heterocycles. The molecule has 5 heteroatoms. The number of anilines is 1. The lowest BCUT2D eigenvalue weighted by molar-refractivity contribution is -0.130. The smallest absolute Gasteiger partial charge is 0.242 e. The molecule has 3 rings (SSSR count). The highest BCUT2D eigenvalue weighted by molar-refractivity contribution is 6.31. The predicted octanol–water partition coefficient (Wildman–Crippen LogP) is 4.54. The SMILES string of the molecule is Cl.O=C(CNc1ccccc1)N1CCCC1c1ccccc1Cl. The average Bonchev–Trinajstić information content (AvgIpc) is 3.03. The zero-order valence-electron chi connectivity index (χ0n) is 12.7. The summed E-state index contributed by atoms with van der Waals surface area (Å²) in [6, 6.07) is 17.7. The predicted molar refractivity (Wildman–Crippen MR) is 97.3 cm³/mol. The molecule has 0 bridgehead atoms. The second kappa shape index (κ2) is 8.23. The molecule has 0 spiro atoms. The number of para-hydroxylation sites is 1. The van der Waals surface area contributed by atoms with Gasteiger partial charge < -0.3 is 10.2 Å². The van der Waals surface area contributed by atoms with E-state index in [1.165, 1.54) is 0 Å². The van der Waals surface area contributed by atoms with Crippen LogP contribution in [0.4, 0.5) is 5.69 Å². The van der Waals surface area contributed by atoms with Gasteiger partial charge in [-0.05, 0) is 36.6 Å². The van der Waals surface area contributed by atoms with Crippen molar-refractivity contribution in [3.63, 3.8) is 0 Å². The van der Waals surface area contributed by atoms with Gasteiger partial charge in [0.05, 0.1) is 12.6 Å². The Balaban J connectivity index is 0.00000192. The van der Waals surface area contributed by atoms with Crippen molar-refractivity contribution in [3.05, 3.63) is 65.2 Å². The fourth-order valence-corrected chi connectivity index (χ4v) is 3.23. The molecule has 0 aromatic heterocycles. The Labute approximate surface area is 148 Å². The van der Waals surface area contributed by atoms with Crippen molar-refractivity contribution in [2.24, 2.45) is 0 Å². The van der Waals surface area contributed by atoms with Gasteiger partial charge in [0.15, 0.2) is 0 Å². The molecular weight excluding hydrogens is 331 g/mol. The van der Waals surface area contributed by atoms with E-state index in [2.05, 4.69) is 5.32 Å². The Kier molecular flexibility index (Phi) is 6.31. The molecule has 1 saturated heterocycles. The summed E-state index contributed by atoms with van der Waals surface area (Å²) in [5.74, 6) is 0.117. The second-order valence-corrected chi connectivity index (χ2v) is 5.89. The van der Waals surface area contributed by atoms with Crippen LogP contribution in [0.15, 0.2) is 54.6 Å². The van der Waals surface area contributed by atoms with Crippen LogP contribution < -0.4 is 5.32 Å². The van der Waals surface area contributed by atoms with E-state index in [1.807, 2.05) is 59.5 Å². The van der Waals surface area contributed by atoms with Crippen molar-refractivity contribution in [2.45, 2.75) is 18.9 Å². The zero-order valence-corrected chi connectivity index (χ0v) is 14.3. The van der Waals surface area contributed by atoms with E-state index in [0.717, 1.165) is 35.7 Å². The van der Waals surface area contributed by atoms with Crippen LogP contribution in [0, 0.1) is 0 Å². The van der Waals surface area contributed by atoms with Crippen LogP contribution in [0.25, 0.3) is 0 Å². The van der Waals surface area contributed by atoms with E-state index in [9.17, 15) is 4.79 Å². The molecule has 1 fully saturated rings. The van der Waals surface area contributed by atoms with Gasteiger partial charge in [-0.25, -0.2) is 0 Å². The molecule has 1 unspecified atom stereocenters. The highest BCUT2D eigenvalue weighted by atomic mass is 35.5. The van der Waals surface area contributed by atoms with Crippen molar-refractivity contribution in [3.8, 4) is 0 Å². The quantitative estimate of drug-likeness (QED) is 0.877. The third kappa shape index (κ3) is 4.18. The number of likely N-dealkylation sites (tertiary alicyclic amines) is 1. The number of nitrogens with zero attached hydrogens (tertiary/aromatic N) is 1. The molecule has 2 aromatic rings. The van der Waals surface area contributed by atoms with Crippen LogP contribution >= 0.6 is 24.0 Å². The standard InChI is InChI=1S/C18H19ClN2O.ClH/c19-16-10-5-4-9-15(16)17-11-6-12-21(17)18(22)13-20-14-7-2-1-3-8-14;/h1-5,7-10,17,20H,6,11-13H2;1H. The van der Waals surface area contributed by atoms with Crippen molar-refractivity contribution < 1.29 is 4.79 Å². The lowest BCUT2D eigenvalue weighted by Gasteiger charge is -2.26. The van der Waals surface area contributed by atoms with Gasteiger partial charge in [0.2, 0.25) is 5.91 Å². The number of carbonyl (C=O) groups excluding carboxylic acids is 1. The fourth-order valence-electron chi connectivity index (χ4n) is 2.97. The minimum Gasteiger partial charge on any atom is -0.376 e. The van der Waals surface area contributed by atoms with Gasteiger partial charge >= 0.3 is 0 Å². The molecule has 1 atom stereocenters. The Bertz CT molecular complexity index is 648. The third-order valence-electron chi connectivity index (χ3n) is 4.05. The maximum absolute atomic E-state index is 12.5. The number of hydrogen-bond acceptors (Lipinski definition) is 2. The summed E-state index contributed by atoms with van der Waals surface area (Å²) in [5, 5.41) is 3.92. The molecule has 1 heterocycles. The van der Waals surface area contributed by atoms with E-state index < -0.39 is 0 Å². The molecule has 0 radical (unpaired) electrons. The summed E-state index contributed by atoms with van der Waals surface area (Å²) in [6.45, 7) is 1.11. The first-order valence-electron chi connectivity index (χ1n) is 7.58. The number of rotatable bonds is 4. The number of benzene rings is 2. The molecule has 1 N–H and O–H groups in total. The summed E-state index contributed by atoms with van der Waals surface area (Å²) >= 11 is 6.29. The molecule has 1 aliphatic rings. The summed E-state index contributed by atoms with van der Waals surface area (Å²) in [6.07, 6.45) is 1.99. The largest absolute Gasteiger partial charge is 0.376 e. The van der Waals surface area contributed by atoms with Crippen molar-refractivity contribution in [2.75, 3.05) is 18.4 Å². The second-order valence-electron chi connectivity index (χ2n) is 5.49. The normalized spacial score (nSPS) is 16.7. The summed E-state index contributed by atoms with van der Waals surface area (Å²) in [4.78, 5) is 14.5. The first kappa shape index (κ1) is 17.6. The van der Waals surface area contributed by atoms with Gasteiger partial charge in [0.25, 0.3) is 0 Å². The van der Waals surface area contributed by atoms with Crippen LogP contribution in [0.1, 0.15) is 24.4 Å². The highest BCUT2D eigenvalue weighted by Crippen LogP contribution is 2.35. The fraction of sp³-hybridized carbons (Fsp3) is 0.278. The first-order valence-corrected chi connectivity index (χ1v) is 7.96. The highest BCUT2D eigenvalue weighted by Gasteiger charge is 2.30. The summed E-state index contributed by atoms with van der Waals surface area (Å²) in [7, 11) is 0. The number of carbonyl (C=O) groups is 1. The topological polar surface area (TPSA) is 32.3 Å². The first-order chi connectivity index (χ1) is 10.8. The number of hydrogen-bond donors (Lipinski definition) is 1. The Hall–Kier alpha value is -1.71. The van der Waals surface area contributed by atoms with Crippen LogP contribution in [-0.4, -0.2) is 23.9 Å². The molecule has 3 nitrogen and oxygen atoms in total. The van der Waals surface area contributed by atoms with Crippen LogP contribution in [0.5, 0.6) is 0 Å². The zero-order chi connectivity index (χ0) is 15.4. The minimum atomic E-state index is 0.